The van der Waals surface area contributed by atoms with Gasteiger partial charge in [0.1, 0.15) is 0 Å². The zero-order chi connectivity index (χ0) is 11.5. The van der Waals surface area contributed by atoms with Crippen molar-refractivity contribution >= 4 is 11.6 Å². The number of hydrogen-bond acceptors (Lipinski definition) is 2. The van der Waals surface area contributed by atoms with Crippen molar-refractivity contribution < 1.29 is 10.2 Å². The lowest BCUT2D eigenvalue weighted by molar-refractivity contribution is 0.113. The van der Waals surface area contributed by atoms with Crippen LogP contribution in [0.4, 0.5) is 0 Å². The second kappa shape index (κ2) is 4.97. The summed E-state index contributed by atoms with van der Waals surface area (Å²) in [7, 11) is 0. The normalized spacial score (nSPS) is 11.8. The van der Waals surface area contributed by atoms with Crippen molar-refractivity contribution in [2.45, 2.75) is 25.7 Å². The molecule has 0 saturated carbocycles. The van der Waals surface area contributed by atoms with Gasteiger partial charge in [-0.25, -0.2) is 0 Å². The van der Waals surface area contributed by atoms with E-state index in [0.717, 1.165) is 11.1 Å². The fourth-order valence-electron chi connectivity index (χ4n) is 1.86. The smallest absolute Gasteiger partial charge is 0.0550 e. The summed E-state index contributed by atoms with van der Waals surface area (Å²) in [5.41, 5.74) is 1.43. The van der Waals surface area contributed by atoms with E-state index >= 15 is 0 Å². The number of rotatable bonds is 4. The minimum Gasteiger partial charge on any atom is -0.395 e. The highest BCUT2D eigenvalue weighted by atomic mass is 35.5. The van der Waals surface area contributed by atoms with Crippen LogP contribution in [0.2, 0.25) is 5.02 Å². The fourth-order valence-corrected chi connectivity index (χ4v) is 2.08. The number of aryl methyl sites for hydroxylation is 1. The standard InChI is InChI=1S/C12H17ClO2/c1-3-12(7-14,8-15)11-5-4-10(13)6-9(11)2/h4-6,14-15H,3,7-8H2,1-2H3. The molecule has 0 fully saturated rings. The average Bonchev–Trinajstić information content (AvgIpc) is 2.23. The largest absolute Gasteiger partial charge is 0.395 e. The Morgan fingerprint density at radius 1 is 1.27 bits per heavy atom. The number of aliphatic hydroxyl groups excluding tert-OH is 2. The van der Waals surface area contributed by atoms with Crippen LogP contribution in [0.25, 0.3) is 0 Å². The highest BCUT2D eigenvalue weighted by Crippen LogP contribution is 2.31. The van der Waals surface area contributed by atoms with Gasteiger partial charge in [-0.2, -0.15) is 0 Å². The first-order valence-electron chi connectivity index (χ1n) is 5.08. The van der Waals surface area contributed by atoms with Crippen LogP contribution >= 0.6 is 11.6 Å². The molecule has 0 radical (unpaired) electrons. The van der Waals surface area contributed by atoms with Gasteiger partial charge < -0.3 is 10.2 Å². The molecule has 2 N–H and O–H groups in total. The topological polar surface area (TPSA) is 40.5 Å². The van der Waals surface area contributed by atoms with Crippen LogP contribution in [0, 0.1) is 6.92 Å². The highest BCUT2D eigenvalue weighted by Gasteiger charge is 2.30. The fraction of sp³-hybridized carbons (Fsp3) is 0.500. The van der Waals surface area contributed by atoms with Crippen LogP contribution < -0.4 is 0 Å². The molecule has 0 heterocycles. The predicted molar refractivity (Wildman–Crippen MR) is 62.3 cm³/mol. The summed E-state index contributed by atoms with van der Waals surface area (Å²) in [4.78, 5) is 0. The van der Waals surface area contributed by atoms with Crippen molar-refractivity contribution in [1.29, 1.82) is 0 Å². The van der Waals surface area contributed by atoms with E-state index in [-0.39, 0.29) is 13.2 Å². The Morgan fingerprint density at radius 3 is 2.27 bits per heavy atom. The van der Waals surface area contributed by atoms with E-state index in [1.165, 1.54) is 0 Å². The molecule has 3 heteroatoms. The summed E-state index contributed by atoms with van der Waals surface area (Å²) in [5.74, 6) is 0. The third kappa shape index (κ3) is 2.33. The van der Waals surface area contributed by atoms with Gasteiger partial charge in [0, 0.05) is 10.4 Å². The lowest BCUT2D eigenvalue weighted by atomic mass is 9.77. The quantitative estimate of drug-likeness (QED) is 0.830. The minimum atomic E-state index is -0.547. The first-order valence-corrected chi connectivity index (χ1v) is 5.46. The van der Waals surface area contributed by atoms with Crippen LogP contribution in [-0.4, -0.2) is 23.4 Å². The van der Waals surface area contributed by atoms with Gasteiger partial charge in [0.2, 0.25) is 0 Å². The lowest BCUT2D eigenvalue weighted by Crippen LogP contribution is -2.34. The molecule has 0 spiro atoms. The third-order valence-electron chi connectivity index (χ3n) is 3.04. The SMILES string of the molecule is CCC(CO)(CO)c1ccc(Cl)cc1C. The maximum Gasteiger partial charge on any atom is 0.0550 e. The van der Waals surface area contributed by atoms with E-state index in [1.807, 2.05) is 26.0 Å². The van der Waals surface area contributed by atoms with E-state index in [0.29, 0.717) is 11.4 Å². The Labute approximate surface area is 95.5 Å². The van der Waals surface area contributed by atoms with Gasteiger partial charge in [0.25, 0.3) is 0 Å². The molecule has 0 amide bonds. The second-order valence-corrected chi connectivity index (χ2v) is 4.35. The van der Waals surface area contributed by atoms with Gasteiger partial charge >= 0.3 is 0 Å². The van der Waals surface area contributed by atoms with E-state index in [4.69, 9.17) is 11.6 Å². The molecule has 15 heavy (non-hydrogen) atoms. The van der Waals surface area contributed by atoms with Gasteiger partial charge in [-0.3, -0.25) is 0 Å². The Kier molecular flexibility index (Phi) is 4.14. The monoisotopic (exact) mass is 228 g/mol. The van der Waals surface area contributed by atoms with Crippen LogP contribution in [0.5, 0.6) is 0 Å². The Morgan fingerprint density at radius 2 is 1.87 bits per heavy atom. The molecule has 1 rings (SSSR count). The zero-order valence-electron chi connectivity index (χ0n) is 9.13. The van der Waals surface area contributed by atoms with Gasteiger partial charge in [-0.05, 0) is 36.6 Å². The molecule has 0 atom stereocenters. The Balaban J connectivity index is 3.22. The van der Waals surface area contributed by atoms with Crippen LogP contribution in [0.15, 0.2) is 18.2 Å². The number of halogens is 1. The maximum absolute atomic E-state index is 9.43. The molecule has 84 valence electrons. The van der Waals surface area contributed by atoms with Crippen LogP contribution in [0.3, 0.4) is 0 Å². The lowest BCUT2D eigenvalue weighted by Gasteiger charge is -2.30. The molecule has 1 aromatic rings. The van der Waals surface area contributed by atoms with Crippen LogP contribution in [0.1, 0.15) is 24.5 Å². The molecular weight excluding hydrogens is 212 g/mol. The van der Waals surface area contributed by atoms with Gasteiger partial charge in [-0.15, -0.1) is 0 Å². The maximum atomic E-state index is 9.43. The first-order chi connectivity index (χ1) is 7.09. The van der Waals surface area contributed by atoms with Gasteiger partial charge in [0.05, 0.1) is 13.2 Å². The van der Waals surface area contributed by atoms with Crippen LogP contribution in [-0.2, 0) is 5.41 Å². The summed E-state index contributed by atoms with van der Waals surface area (Å²) in [6.07, 6.45) is 0.697. The molecule has 0 aliphatic heterocycles. The predicted octanol–water partition coefficient (Wildman–Crippen LogP) is 2.28. The van der Waals surface area contributed by atoms with Crippen molar-refractivity contribution in [2.75, 3.05) is 13.2 Å². The highest BCUT2D eigenvalue weighted by molar-refractivity contribution is 6.30. The minimum absolute atomic E-state index is 0.0531. The van der Waals surface area contributed by atoms with E-state index in [2.05, 4.69) is 0 Å². The summed E-state index contributed by atoms with van der Waals surface area (Å²) in [5, 5.41) is 19.5. The molecule has 0 aromatic heterocycles. The molecule has 1 aromatic carbocycles. The van der Waals surface area contributed by atoms with Crippen molar-refractivity contribution in [2.24, 2.45) is 0 Å². The molecule has 0 unspecified atom stereocenters. The summed E-state index contributed by atoms with van der Waals surface area (Å²) in [6.45, 7) is 3.79. The summed E-state index contributed by atoms with van der Waals surface area (Å²) >= 11 is 5.87. The third-order valence-corrected chi connectivity index (χ3v) is 3.28. The Hall–Kier alpha value is -0.570. The summed E-state index contributed by atoms with van der Waals surface area (Å²) < 4.78 is 0. The van der Waals surface area contributed by atoms with E-state index < -0.39 is 5.41 Å². The number of benzene rings is 1. The zero-order valence-corrected chi connectivity index (χ0v) is 9.88. The molecule has 0 aliphatic carbocycles. The van der Waals surface area contributed by atoms with Crippen molar-refractivity contribution in [3.05, 3.63) is 34.3 Å². The number of aliphatic hydroxyl groups is 2. The van der Waals surface area contributed by atoms with Gasteiger partial charge in [0.15, 0.2) is 0 Å². The van der Waals surface area contributed by atoms with Crippen molar-refractivity contribution in [3.8, 4) is 0 Å². The molecule has 2 nitrogen and oxygen atoms in total. The van der Waals surface area contributed by atoms with Gasteiger partial charge in [-0.1, -0.05) is 24.6 Å². The van der Waals surface area contributed by atoms with E-state index in [1.54, 1.807) is 6.07 Å². The molecular formula is C12H17ClO2. The molecule has 0 saturated heterocycles. The average molecular weight is 229 g/mol. The molecule has 0 aliphatic rings. The molecule has 0 bridgehead atoms. The summed E-state index contributed by atoms with van der Waals surface area (Å²) in [6, 6.07) is 5.53. The van der Waals surface area contributed by atoms with Crippen molar-refractivity contribution in [3.63, 3.8) is 0 Å². The van der Waals surface area contributed by atoms with E-state index in [9.17, 15) is 10.2 Å². The second-order valence-electron chi connectivity index (χ2n) is 3.91. The Bertz CT molecular complexity index is 324. The number of hydrogen-bond donors (Lipinski definition) is 2. The van der Waals surface area contributed by atoms with Crippen molar-refractivity contribution in [1.82, 2.24) is 0 Å². The first kappa shape index (κ1) is 12.5.